The monoisotopic (exact) mass is 391 g/mol. The van der Waals surface area contributed by atoms with Crippen LogP contribution in [0.3, 0.4) is 0 Å². The summed E-state index contributed by atoms with van der Waals surface area (Å²) in [5.41, 5.74) is 1.93. The quantitative estimate of drug-likeness (QED) is 0.575. The Morgan fingerprint density at radius 2 is 1.61 bits per heavy atom. The third-order valence-electron chi connectivity index (χ3n) is 5.51. The van der Waals surface area contributed by atoms with Crippen molar-refractivity contribution in [2.45, 2.75) is 50.2 Å². The van der Waals surface area contributed by atoms with E-state index in [9.17, 15) is 4.79 Å². The summed E-state index contributed by atoms with van der Waals surface area (Å²) in [6.07, 6.45) is 3.39. The number of carbonyl (C=O) groups excluding carboxylic acids is 1. The molecule has 1 fully saturated rings. The first-order chi connectivity index (χ1) is 13.6. The standard InChI is InChI=1S/C23H25N3OS/c1-16-9-8-10-17(2)26(16)21(27)15-28-23-20-14-7-6-13-19(20)22(24-25-23)18-11-4-3-5-12-18/h3-7,11-14,16-17H,8-10,15H2,1-2H3/t16-,17-/m0/s1. The van der Waals surface area contributed by atoms with E-state index in [2.05, 4.69) is 41.1 Å². The Labute approximate surface area is 170 Å². The highest BCUT2D eigenvalue weighted by atomic mass is 32.2. The van der Waals surface area contributed by atoms with Crippen molar-refractivity contribution >= 4 is 28.4 Å². The molecular formula is C23H25N3OS. The second-order valence-corrected chi connectivity index (χ2v) is 8.45. The van der Waals surface area contributed by atoms with Gasteiger partial charge in [0.15, 0.2) is 0 Å². The lowest BCUT2D eigenvalue weighted by molar-refractivity contribution is -0.134. The van der Waals surface area contributed by atoms with Crippen LogP contribution in [0.4, 0.5) is 0 Å². The third kappa shape index (κ3) is 3.76. The van der Waals surface area contributed by atoms with Gasteiger partial charge < -0.3 is 4.90 Å². The minimum atomic E-state index is 0.197. The summed E-state index contributed by atoms with van der Waals surface area (Å²) >= 11 is 1.49. The molecule has 1 aromatic heterocycles. The van der Waals surface area contributed by atoms with E-state index in [1.165, 1.54) is 18.2 Å². The molecule has 28 heavy (non-hydrogen) atoms. The Hall–Kier alpha value is -2.40. The molecule has 0 spiro atoms. The highest BCUT2D eigenvalue weighted by molar-refractivity contribution is 8.00. The van der Waals surface area contributed by atoms with Gasteiger partial charge in [-0.3, -0.25) is 4.79 Å². The molecule has 0 unspecified atom stereocenters. The number of amides is 1. The molecule has 3 aromatic rings. The minimum Gasteiger partial charge on any atom is -0.337 e. The molecule has 1 amide bonds. The van der Waals surface area contributed by atoms with Crippen molar-refractivity contribution in [2.24, 2.45) is 0 Å². The first kappa shape index (κ1) is 18.9. The van der Waals surface area contributed by atoms with Crippen LogP contribution < -0.4 is 0 Å². The fraction of sp³-hybridized carbons (Fsp3) is 0.348. The molecule has 0 saturated carbocycles. The summed E-state index contributed by atoms with van der Waals surface area (Å²) in [7, 11) is 0. The van der Waals surface area contributed by atoms with Gasteiger partial charge >= 0.3 is 0 Å². The fourth-order valence-electron chi connectivity index (χ4n) is 4.11. The highest BCUT2D eigenvalue weighted by Gasteiger charge is 2.28. The van der Waals surface area contributed by atoms with Gasteiger partial charge in [0.2, 0.25) is 5.91 Å². The van der Waals surface area contributed by atoms with Crippen LogP contribution in [0.2, 0.25) is 0 Å². The van der Waals surface area contributed by atoms with Gasteiger partial charge in [0.1, 0.15) is 10.7 Å². The van der Waals surface area contributed by atoms with E-state index in [1.54, 1.807) is 0 Å². The predicted octanol–water partition coefficient (Wildman–Crippen LogP) is 5.18. The first-order valence-electron chi connectivity index (χ1n) is 9.90. The van der Waals surface area contributed by atoms with E-state index >= 15 is 0 Å². The van der Waals surface area contributed by atoms with Gasteiger partial charge in [-0.1, -0.05) is 66.4 Å². The average molecular weight is 392 g/mol. The predicted molar refractivity (Wildman–Crippen MR) is 115 cm³/mol. The van der Waals surface area contributed by atoms with Gasteiger partial charge in [0, 0.05) is 28.4 Å². The van der Waals surface area contributed by atoms with Gasteiger partial charge in [0.25, 0.3) is 0 Å². The zero-order valence-electron chi connectivity index (χ0n) is 16.3. The normalized spacial score (nSPS) is 19.7. The molecule has 2 aromatic carbocycles. The molecule has 0 bridgehead atoms. The molecule has 0 aliphatic carbocycles. The summed E-state index contributed by atoms with van der Waals surface area (Å²) in [6.45, 7) is 4.31. The van der Waals surface area contributed by atoms with Crippen molar-refractivity contribution in [3.8, 4) is 11.3 Å². The number of hydrogen-bond acceptors (Lipinski definition) is 4. The lowest BCUT2D eigenvalue weighted by Crippen LogP contribution is -2.48. The van der Waals surface area contributed by atoms with Gasteiger partial charge in [-0.25, -0.2) is 0 Å². The zero-order chi connectivity index (χ0) is 19.5. The topological polar surface area (TPSA) is 46.1 Å². The van der Waals surface area contributed by atoms with Crippen molar-refractivity contribution in [1.82, 2.24) is 15.1 Å². The summed E-state index contributed by atoms with van der Waals surface area (Å²) < 4.78 is 0. The summed E-state index contributed by atoms with van der Waals surface area (Å²) in [4.78, 5) is 14.9. The van der Waals surface area contributed by atoms with Crippen LogP contribution in [0.1, 0.15) is 33.1 Å². The number of piperidine rings is 1. The summed E-state index contributed by atoms with van der Waals surface area (Å²) in [5, 5.41) is 11.9. The molecule has 1 aliphatic rings. The molecule has 2 atom stereocenters. The largest absolute Gasteiger partial charge is 0.337 e. The number of carbonyl (C=O) groups is 1. The lowest BCUT2D eigenvalue weighted by atomic mass is 9.98. The molecule has 1 saturated heterocycles. The van der Waals surface area contributed by atoms with Crippen molar-refractivity contribution in [3.63, 3.8) is 0 Å². The van der Waals surface area contributed by atoms with E-state index in [0.29, 0.717) is 17.8 Å². The van der Waals surface area contributed by atoms with E-state index in [-0.39, 0.29) is 5.91 Å². The number of rotatable bonds is 4. The van der Waals surface area contributed by atoms with Crippen LogP contribution in [0.15, 0.2) is 59.6 Å². The van der Waals surface area contributed by atoms with Crippen molar-refractivity contribution < 1.29 is 4.79 Å². The van der Waals surface area contributed by atoms with Crippen LogP contribution in [0.25, 0.3) is 22.0 Å². The second-order valence-electron chi connectivity index (χ2n) is 7.48. The minimum absolute atomic E-state index is 0.197. The maximum Gasteiger partial charge on any atom is 0.233 e. The molecule has 144 valence electrons. The number of benzene rings is 2. The van der Waals surface area contributed by atoms with Gasteiger partial charge in [-0.15, -0.1) is 10.2 Å². The van der Waals surface area contributed by atoms with E-state index < -0.39 is 0 Å². The molecular weight excluding hydrogens is 366 g/mol. The Morgan fingerprint density at radius 1 is 0.964 bits per heavy atom. The van der Waals surface area contributed by atoms with Gasteiger partial charge in [0.05, 0.1) is 5.75 Å². The van der Waals surface area contributed by atoms with Gasteiger partial charge in [-0.05, 0) is 33.1 Å². The third-order valence-corrected chi connectivity index (χ3v) is 6.48. The number of hydrogen-bond donors (Lipinski definition) is 0. The molecule has 1 aliphatic heterocycles. The number of nitrogens with zero attached hydrogens (tertiary/aromatic N) is 3. The van der Waals surface area contributed by atoms with Crippen LogP contribution in [-0.2, 0) is 4.79 Å². The highest BCUT2D eigenvalue weighted by Crippen LogP contribution is 2.32. The SMILES string of the molecule is C[C@H]1CCC[C@H](C)N1C(=O)CSc1nnc(-c2ccccc2)c2ccccc12. The molecule has 0 N–H and O–H groups in total. The van der Waals surface area contributed by atoms with E-state index in [4.69, 9.17) is 0 Å². The fourth-order valence-corrected chi connectivity index (χ4v) is 4.95. The molecule has 0 radical (unpaired) electrons. The average Bonchev–Trinajstić information content (AvgIpc) is 2.72. The van der Waals surface area contributed by atoms with Crippen molar-refractivity contribution in [2.75, 3.05) is 5.75 Å². The Kier molecular flexibility index (Phi) is 5.62. The molecule has 4 rings (SSSR count). The van der Waals surface area contributed by atoms with Crippen LogP contribution in [-0.4, -0.2) is 38.8 Å². The Bertz CT molecular complexity index is 966. The van der Waals surface area contributed by atoms with Crippen LogP contribution in [0.5, 0.6) is 0 Å². The first-order valence-corrected chi connectivity index (χ1v) is 10.9. The number of likely N-dealkylation sites (tertiary alicyclic amines) is 1. The summed E-state index contributed by atoms with van der Waals surface area (Å²) in [5.74, 6) is 0.598. The van der Waals surface area contributed by atoms with Crippen molar-refractivity contribution in [3.05, 3.63) is 54.6 Å². The van der Waals surface area contributed by atoms with Gasteiger partial charge in [-0.2, -0.15) is 0 Å². The Balaban J connectivity index is 1.59. The lowest BCUT2D eigenvalue weighted by Gasteiger charge is -2.39. The Morgan fingerprint density at radius 3 is 2.32 bits per heavy atom. The van der Waals surface area contributed by atoms with Crippen LogP contribution >= 0.6 is 11.8 Å². The smallest absolute Gasteiger partial charge is 0.233 e. The summed E-state index contributed by atoms with van der Waals surface area (Å²) in [6, 6.07) is 18.9. The molecule has 5 heteroatoms. The maximum absolute atomic E-state index is 12.9. The number of aromatic nitrogens is 2. The maximum atomic E-state index is 12.9. The van der Waals surface area contributed by atoms with E-state index in [1.807, 2.05) is 42.5 Å². The molecule has 2 heterocycles. The molecule has 4 nitrogen and oxygen atoms in total. The number of fused-ring (bicyclic) bond motifs is 1. The zero-order valence-corrected chi connectivity index (χ0v) is 17.2. The second kappa shape index (κ2) is 8.31. The van der Waals surface area contributed by atoms with Crippen molar-refractivity contribution in [1.29, 1.82) is 0 Å². The van der Waals surface area contributed by atoms with E-state index in [0.717, 1.165) is 39.9 Å². The van der Waals surface area contributed by atoms with Crippen LogP contribution in [0, 0.1) is 0 Å². The number of thioether (sulfide) groups is 1.